The van der Waals surface area contributed by atoms with Gasteiger partial charge in [0.15, 0.2) is 8.32 Å². The number of ether oxygens (including phenoxy) is 1. The summed E-state index contributed by atoms with van der Waals surface area (Å²) in [5.41, 5.74) is 0.697. The second kappa shape index (κ2) is 15.9. The molecule has 16 heteroatoms. The van der Waals surface area contributed by atoms with E-state index in [1.165, 1.54) is 49.7 Å². The number of pyridine rings is 1. The first-order valence-corrected chi connectivity index (χ1v) is 25.6. The largest absolute Gasteiger partial charge is 0.496 e. The number of nitrogens with one attached hydrogen (secondary N) is 1. The van der Waals surface area contributed by atoms with Crippen molar-refractivity contribution < 1.29 is 34.8 Å². The highest BCUT2D eigenvalue weighted by molar-refractivity contribution is 8.10. The maximum atomic E-state index is 19.1. The van der Waals surface area contributed by atoms with Crippen molar-refractivity contribution in [2.24, 2.45) is 0 Å². The van der Waals surface area contributed by atoms with Crippen LogP contribution in [0.15, 0.2) is 113 Å². The standard InChI is InChI=1S/C43H47ClF2N4O6S2Si/c1-42(2,3)59(5,6)56-31-19-17-30(18-20-31)50-27-29(25-49-50)28-23-34-35(26-48-41(34)47-24-28)39(38-37(55-4)22-21-36(45)40(38)44)43(46,57(51,52)32-13-9-7-10-14-32)58(53,54)33-15-11-8-12-16-33/h7-16,21-27,30-31,39H,17-20H2,1-6H3,(H,47,48). The zero-order valence-electron chi connectivity index (χ0n) is 33.6. The average Bonchev–Trinajstić information content (AvgIpc) is 3.88. The van der Waals surface area contributed by atoms with Gasteiger partial charge in [-0.25, -0.2) is 30.6 Å². The fourth-order valence-electron chi connectivity index (χ4n) is 7.61. The van der Waals surface area contributed by atoms with E-state index in [9.17, 15) is 16.8 Å². The fourth-order valence-corrected chi connectivity index (χ4v) is 13.8. The van der Waals surface area contributed by atoms with E-state index in [4.69, 9.17) is 25.9 Å². The number of fused-ring (bicyclic) bond motifs is 1. The zero-order valence-corrected chi connectivity index (χ0v) is 37.0. The van der Waals surface area contributed by atoms with Crippen LogP contribution in [0.1, 0.15) is 69.5 Å². The topological polar surface area (TPSA) is 133 Å². The molecule has 1 aliphatic carbocycles. The molecule has 0 spiro atoms. The first kappa shape index (κ1) is 42.7. The van der Waals surface area contributed by atoms with Gasteiger partial charge >= 0.3 is 4.33 Å². The molecule has 1 fully saturated rings. The van der Waals surface area contributed by atoms with Crippen LogP contribution in [-0.2, 0) is 24.1 Å². The summed E-state index contributed by atoms with van der Waals surface area (Å²) < 4.78 is 104. The summed E-state index contributed by atoms with van der Waals surface area (Å²) in [7, 11) is -11.8. The van der Waals surface area contributed by atoms with Crippen molar-refractivity contribution in [3.8, 4) is 16.9 Å². The summed E-state index contributed by atoms with van der Waals surface area (Å²) >= 11 is 6.65. The highest BCUT2D eigenvalue weighted by atomic mass is 35.5. The SMILES string of the molecule is COc1ccc(F)c(Cl)c1C(c1c[nH]c2ncc(-c3cnn(C4CCC(O[Si](C)(C)C(C)(C)C)CC4)c3)cc12)C(F)(S(=O)(=O)c1ccccc1)S(=O)(=O)c1ccccc1. The Labute approximate surface area is 349 Å². The molecule has 0 bridgehead atoms. The molecule has 7 rings (SSSR count). The quantitative estimate of drug-likeness (QED) is 0.120. The van der Waals surface area contributed by atoms with Crippen LogP contribution in [0.5, 0.6) is 5.75 Å². The molecule has 0 aliphatic heterocycles. The maximum Gasteiger partial charge on any atom is 0.328 e. The van der Waals surface area contributed by atoms with Crippen LogP contribution in [0.25, 0.3) is 22.2 Å². The van der Waals surface area contributed by atoms with Gasteiger partial charge in [0.1, 0.15) is 17.2 Å². The molecule has 10 nitrogen and oxygen atoms in total. The summed E-state index contributed by atoms with van der Waals surface area (Å²) in [6.07, 6.45) is 10.2. The third kappa shape index (κ3) is 7.53. The first-order valence-electron chi connectivity index (χ1n) is 19.3. The van der Waals surface area contributed by atoms with E-state index in [-0.39, 0.29) is 39.5 Å². The Kier molecular flexibility index (Phi) is 11.5. The van der Waals surface area contributed by atoms with Crippen molar-refractivity contribution >= 4 is 50.6 Å². The molecular weight excluding hydrogens is 834 g/mol. The molecule has 59 heavy (non-hydrogen) atoms. The molecule has 3 heterocycles. The molecule has 1 atom stereocenters. The molecule has 312 valence electrons. The minimum absolute atomic E-state index is 0.114. The van der Waals surface area contributed by atoms with Gasteiger partial charge < -0.3 is 14.1 Å². The van der Waals surface area contributed by atoms with Gasteiger partial charge in [-0.1, -0.05) is 68.8 Å². The van der Waals surface area contributed by atoms with Crippen molar-refractivity contribution in [2.75, 3.05) is 7.11 Å². The number of alkyl halides is 1. The molecule has 1 N–H and O–H groups in total. The Bertz CT molecular complexity index is 2630. The molecule has 6 aromatic rings. The van der Waals surface area contributed by atoms with Gasteiger partial charge in [-0.3, -0.25) is 4.68 Å². The average molecular weight is 882 g/mol. The molecule has 1 saturated carbocycles. The monoisotopic (exact) mass is 880 g/mol. The van der Waals surface area contributed by atoms with Crippen molar-refractivity contribution in [3.63, 3.8) is 0 Å². The highest BCUT2D eigenvalue weighted by Gasteiger charge is 2.65. The van der Waals surface area contributed by atoms with Crippen LogP contribution < -0.4 is 4.74 Å². The Hall–Kier alpha value is -4.41. The van der Waals surface area contributed by atoms with E-state index in [0.29, 0.717) is 11.1 Å². The van der Waals surface area contributed by atoms with Gasteiger partial charge in [-0.15, -0.1) is 0 Å². The van der Waals surface area contributed by atoms with Crippen LogP contribution in [0, 0.1) is 5.82 Å². The number of aromatic nitrogens is 4. The number of sulfone groups is 2. The highest BCUT2D eigenvalue weighted by Crippen LogP contribution is 2.55. The molecule has 1 aliphatic rings. The lowest BCUT2D eigenvalue weighted by Crippen LogP contribution is -2.48. The molecule has 0 saturated heterocycles. The summed E-state index contributed by atoms with van der Waals surface area (Å²) in [6, 6.07) is 16.7. The van der Waals surface area contributed by atoms with Crippen molar-refractivity contribution in [2.45, 2.75) is 96.8 Å². The van der Waals surface area contributed by atoms with Gasteiger partial charge in [-0.2, -0.15) is 5.10 Å². The summed E-state index contributed by atoms with van der Waals surface area (Å²) in [4.78, 5) is 6.29. The van der Waals surface area contributed by atoms with Crippen LogP contribution in [0.4, 0.5) is 8.78 Å². The van der Waals surface area contributed by atoms with E-state index >= 15 is 8.78 Å². The van der Waals surface area contributed by atoms with E-state index < -0.39 is 64.4 Å². The molecule has 1 unspecified atom stereocenters. The van der Waals surface area contributed by atoms with E-state index in [1.807, 2.05) is 10.9 Å². The number of H-pyrrole nitrogens is 1. The number of nitrogens with zero attached hydrogens (tertiary/aromatic N) is 3. The zero-order chi connectivity index (χ0) is 42.5. The number of halogens is 3. The van der Waals surface area contributed by atoms with Crippen LogP contribution >= 0.6 is 11.6 Å². The van der Waals surface area contributed by atoms with Gasteiger partial charge in [0.2, 0.25) is 19.7 Å². The van der Waals surface area contributed by atoms with Gasteiger partial charge in [0.05, 0.1) is 40.1 Å². The van der Waals surface area contributed by atoms with Crippen molar-refractivity contribution in [3.05, 3.63) is 126 Å². The van der Waals surface area contributed by atoms with E-state index in [0.717, 1.165) is 62.1 Å². The smallest absolute Gasteiger partial charge is 0.328 e. The summed E-state index contributed by atoms with van der Waals surface area (Å²) in [6.45, 7) is 11.2. The normalized spacial score (nSPS) is 17.6. The number of benzene rings is 3. The van der Waals surface area contributed by atoms with Crippen molar-refractivity contribution in [1.29, 1.82) is 0 Å². The molecule has 0 radical (unpaired) electrons. The maximum absolute atomic E-state index is 19.1. The van der Waals surface area contributed by atoms with Gasteiger partial charge in [0, 0.05) is 46.8 Å². The second-order valence-corrected chi connectivity index (χ2v) is 26.0. The summed E-state index contributed by atoms with van der Waals surface area (Å²) in [5.74, 6) is -3.62. The lowest BCUT2D eigenvalue weighted by Gasteiger charge is -2.41. The Morgan fingerprint density at radius 2 is 1.47 bits per heavy atom. The third-order valence-corrected chi connectivity index (χ3v) is 21.8. The molecule has 3 aromatic heterocycles. The molecule has 3 aromatic carbocycles. The van der Waals surface area contributed by atoms with Crippen LogP contribution in [0.2, 0.25) is 23.2 Å². The molecular formula is C43H47ClF2N4O6S2Si. The number of methoxy groups -OCH3 is 1. The Morgan fingerprint density at radius 1 is 0.881 bits per heavy atom. The minimum atomic E-state index is -5.54. The number of hydrogen-bond donors (Lipinski definition) is 1. The lowest BCUT2D eigenvalue weighted by molar-refractivity contribution is 0.115. The summed E-state index contributed by atoms with van der Waals surface area (Å²) in [5, 5.41) is 4.26. The predicted octanol–water partition coefficient (Wildman–Crippen LogP) is 10.4. The fraction of sp³-hybridized carbons (Fsp3) is 0.349. The predicted molar refractivity (Wildman–Crippen MR) is 228 cm³/mol. The molecule has 0 amide bonds. The minimum Gasteiger partial charge on any atom is -0.496 e. The Balaban J connectivity index is 1.37. The third-order valence-electron chi connectivity index (χ3n) is 11.9. The second-order valence-electron chi connectivity index (χ2n) is 16.5. The van der Waals surface area contributed by atoms with Crippen molar-refractivity contribution in [1.82, 2.24) is 19.7 Å². The van der Waals surface area contributed by atoms with Gasteiger partial charge in [0.25, 0.3) is 0 Å². The van der Waals surface area contributed by atoms with Crippen LogP contribution in [-0.4, -0.2) is 62.4 Å². The Morgan fingerprint density at radius 3 is 2.03 bits per heavy atom. The van der Waals surface area contributed by atoms with Crippen LogP contribution in [0.3, 0.4) is 0 Å². The lowest BCUT2D eigenvalue weighted by atomic mass is 9.90. The van der Waals surface area contributed by atoms with E-state index in [1.54, 1.807) is 18.5 Å². The number of aromatic amines is 1. The first-order chi connectivity index (χ1) is 27.8. The van der Waals surface area contributed by atoms with Gasteiger partial charge in [-0.05, 0) is 91.8 Å². The van der Waals surface area contributed by atoms with E-state index in [2.05, 4.69) is 43.8 Å². The number of rotatable bonds is 12. The number of hydrogen-bond acceptors (Lipinski definition) is 8.